The van der Waals surface area contributed by atoms with Crippen LogP contribution in [0.3, 0.4) is 0 Å². The summed E-state index contributed by atoms with van der Waals surface area (Å²) in [4.78, 5) is 22.8. The molecule has 1 amide bonds. The Bertz CT molecular complexity index is 1370. The molecule has 0 spiro atoms. The van der Waals surface area contributed by atoms with E-state index in [1.54, 1.807) is 17.5 Å². The molecule has 0 radical (unpaired) electrons. The molecule has 3 aromatic heterocycles. The maximum atomic E-state index is 12.8. The number of carbonyl (C=O) groups is 1. The molecule has 0 fully saturated rings. The highest BCUT2D eigenvalue weighted by Crippen LogP contribution is 2.33. The second kappa shape index (κ2) is 7.39. The van der Waals surface area contributed by atoms with Gasteiger partial charge < -0.3 is 9.88 Å². The van der Waals surface area contributed by atoms with Crippen LogP contribution in [0.1, 0.15) is 11.1 Å². The molecule has 5 rings (SSSR count). The minimum atomic E-state index is -0.0300. The zero-order chi connectivity index (χ0) is 20.7. The smallest absolute Gasteiger partial charge is 0.228 e. The molecule has 5 aromatic rings. The molecule has 0 bridgehead atoms. The summed E-state index contributed by atoms with van der Waals surface area (Å²) in [5.41, 5.74) is 5.87. The van der Waals surface area contributed by atoms with E-state index in [9.17, 15) is 4.79 Å². The number of hydrogen-bond acceptors (Lipinski definition) is 4. The van der Waals surface area contributed by atoms with Crippen LogP contribution < -0.4 is 5.32 Å². The Morgan fingerprint density at radius 1 is 1.10 bits per heavy atom. The van der Waals surface area contributed by atoms with E-state index in [0.29, 0.717) is 6.42 Å². The number of rotatable bonds is 4. The zero-order valence-corrected chi connectivity index (χ0v) is 17.5. The lowest BCUT2D eigenvalue weighted by Crippen LogP contribution is -2.15. The third-order valence-electron chi connectivity index (χ3n) is 5.34. The number of benzene rings is 2. The largest absolute Gasteiger partial charge is 0.350 e. The summed E-state index contributed by atoms with van der Waals surface area (Å²) < 4.78 is 2.06. The topological polar surface area (TPSA) is 59.8 Å². The van der Waals surface area contributed by atoms with Crippen LogP contribution in [0.2, 0.25) is 0 Å². The van der Waals surface area contributed by atoms with Crippen molar-refractivity contribution in [2.75, 3.05) is 5.32 Å². The SMILES string of the molecule is Cc1c(NC(=O)Cc2cn(C)c3ccccc23)cccc1-c1nc2cccnc2s1. The Labute approximate surface area is 178 Å². The molecular weight excluding hydrogens is 392 g/mol. The highest BCUT2D eigenvalue weighted by Gasteiger charge is 2.15. The standard InChI is InChI=1S/C24H20N4OS/c1-15-17(23-27-20-10-6-12-25-24(20)30-23)8-5-9-19(15)26-22(29)13-16-14-28(2)21-11-4-3-7-18(16)21/h3-12,14H,13H2,1-2H3,(H,26,29). The highest BCUT2D eigenvalue weighted by molar-refractivity contribution is 7.21. The molecule has 0 aliphatic carbocycles. The number of para-hydroxylation sites is 1. The predicted molar refractivity (Wildman–Crippen MR) is 123 cm³/mol. The fourth-order valence-corrected chi connectivity index (χ4v) is 4.81. The Balaban J connectivity index is 1.42. The number of nitrogens with one attached hydrogen (secondary N) is 1. The summed E-state index contributed by atoms with van der Waals surface area (Å²) in [7, 11) is 2.00. The molecule has 0 unspecified atom stereocenters. The quantitative estimate of drug-likeness (QED) is 0.433. The van der Waals surface area contributed by atoms with Crippen LogP contribution in [0.15, 0.2) is 67.0 Å². The van der Waals surface area contributed by atoms with Gasteiger partial charge in [0.05, 0.1) is 6.42 Å². The van der Waals surface area contributed by atoms with E-state index >= 15 is 0 Å². The van der Waals surface area contributed by atoms with Gasteiger partial charge >= 0.3 is 0 Å². The molecule has 2 aromatic carbocycles. The molecule has 0 saturated heterocycles. The van der Waals surface area contributed by atoms with Gasteiger partial charge in [0.2, 0.25) is 5.91 Å². The van der Waals surface area contributed by atoms with Crippen molar-refractivity contribution in [2.24, 2.45) is 7.05 Å². The first-order chi connectivity index (χ1) is 14.6. The average molecular weight is 413 g/mol. The lowest BCUT2D eigenvalue weighted by atomic mass is 10.1. The summed E-state index contributed by atoms with van der Waals surface area (Å²) >= 11 is 1.56. The minimum Gasteiger partial charge on any atom is -0.350 e. The second-order valence-corrected chi connectivity index (χ2v) is 8.31. The summed E-state index contributed by atoms with van der Waals surface area (Å²) in [6.07, 6.45) is 4.14. The van der Waals surface area contributed by atoms with Crippen molar-refractivity contribution in [2.45, 2.75) is 13.3 Å². The van der Waals surface area contributed by atoms with Gasteiger partial charge in [-0.3, -0.25) is 4.79 Å². The Kier molecular flexibility index (Phi) is 4.56. The Morgan fingerprint density at radius 3 is 2.83 bits per heavy atom. The molecule has 30 heavy (non-hydrogen) atoms. The summed E-state index contributed by atoms with van der Waals surface area (Å²) in [5.74, 6) is -0.0300. The lowest BCUT2D eigenvalue weighted by Gasteiger charge is -2.11. The normalized spacial score (nSPS) is 11.3. The van der Waals surface area contributed by atoms with E-state index < -0.39 is 0 Å². The van der Waals surface area contributed by atoms with Gasteiger partial charge in [-0.1, -0.05) is 41.7 Å². The molecular formula is C24H20N4OS. The summed E-state index contributed by atoms with van der Waals surface area (Å²) in [6, 6.07) is 17.9. The molecule has 148 valence electrons. The van der Waals surface area contributed by atoms with Gasteiger partial charge in [-0.05, 0) is 42.3 Å². The fraction of sp³-hybridized carbons (Fsp3) is 0.125. The van der Waals surface area contributed by atoms with E-state index in [1.807, 2.05) is 62.6 Å². The van der Waals surface area contributed by atoms with Crippen molar-refractivity contribution in [1.82, 2.24) is 14.5 Å². The number of hydrogen-bond donors (Lipinski definition) is 1. The first-order valence-electron chi connectivity index (χ1n) is 9.74. The van der Waals surface area contributed by atoms with Gasteiger partial charge in [0.25, 0.3) is 0 Å². The highest BCUT2D eigenvalue weighted by atomic mass is 32.1. The molecule has 5 nitrogen and oxygen atoms in total. The third-order valence-corrected chi connectivity index (χ3v) is 6.35. The van der Waals surface area contributed by atoms with E-state index in [4.69, 9.17) is 4.98 Å². The first-order valence-corrected chi connectivity index (χ1v) is 10.6. The predicted octanol–water partition coefficient (Wildman–Crippen LogP) is 5.34. The number of pyridine rings is 1. The van der Waals surface area contributed by atoms with Gasteiger partial charge in [-0.25, -0.2) is 9.97 Å². The lowest BCUT2D eigenvalue weighted by molar-refractivity contribution is -0.115. The number of nitrogens with zero attached hydrogens (tertiary/aromatic N) is 3. The number of aromatic nitrogens is 3. The number of thiazole rings is 1. The van der Waals surface area contributed by atoms with Crippen LogP contribution in [0.25, 0.3) is 31.8 Å². The molecule has 0 atom stereocenters. The van der Waals surface area contributed by atoms with Crippen LogP contribution in [0.5, 0.6) is 0 Å². The molecule has 6 heteroatoms. The molecule has 3 heterocycles. The van der Waals surface area contributed by atoms with Gasteiger partial charge in [-0.2, -0.15) is 0 Å². The van der Waals surface area contributed by atoms with Crippen LogP contribution in [-0.2, 0) is 18.3 Å². The molecule has 0 aliphatic heterocycles. The van der Waals surface area contributed by atoms with Gasteiger partial charge in [0.1, 0.15) is 15.4 Å². The number of carbonyl (C=O) groups excluding carboxylic acids is 1. The van der Waals surface area contributed by atoms with Gasteiger partial charge in [0, 0.05) is 41.6 Å². The van der Waals surface area contributed by atoms with Crippen LogP contribution in [-0.4, -0.2) is 20.4 Å². The molecule has 0 aliphatic rings. The first kappa shape index (κ1) is 18.5. The van der Waals surface area contributed by atoms with Crippen molar-refractivity contribution in [3.63, 3.8) is 0 Å². The van der Waals surface area contributed by atoms with E-state index in [2.05, 4.69) is 27.0 Å². The van der Waals surface area contributed by atoms with Crippen molar-refractivity contribution < 1.29 is 4.79 Å². The Hall–Kier alpha value is -3.51. The maximum Gasteiger partial charge on any atom is 0.228 e. The third kappa shape index (κ3) is 3.25. The van der Waals surface area contributed by atoms with Gasteiger partial charge in [0.15, 0.2) is 0 Å². The Morgan fingerprint density at radius 2 is 1.97 bits per heavy atom. The summed E-state index contributed by atoms with van der Waals surface area (Å²) in [5, 5.41) is 5.11. The average Bonchev–Trinajstić information content (AvgIpc) is 3.31. The van der Waals surface area contributed by atoms with Crippen molar-refractivity contribution in [1.29, 1.82) is 0 Å². The van der Waals surface area contributed by atoms with E-state index in [1.165, 1.54) is 0 Å². The second-order valence-electron chi connectivity index (χ2n) is 7.33. The summed E-state index contributed by atoms with van der Waals surface area (Å²) in [6.45, 7) is 2.02. The van der Waals surface area contributed by atoms with Crippen molar-refractivity contribution >= 4 is 44.2 Å². The number of fused-ring (bicyclic) bond motifs is 2. The number of anilines is 1. The van der Waals surface area contributed by atoms with E-state index in [0.717, 1.165) is 48.6 Å². The van der Waals surface area contributed by atoms with Crippen molar-refractivity contribution in [3.8, 4) is 10.6 Å². The molecule has 1 N–H and O–H groups in total. The van der Waals surface area contributed by atoms with Crippen molar-refractivity contribution in [3.05, 3.63) is 78.1 Å². The van der Waals surface area contributed by atoms with Gasteiger partial charge in [-0.15, -0.1) is 0 Å². The van der Waals surface area contributed by atoms with Crippen LogP contribution in [0.4, 0.5) is 5.69 Å². The van der Waals surface area contributed by atoms with E-state index in [-0.39, 0.29) is 5.91 Å². The van der Waals surface area contributed by atoms with Crippen LogP contribution >= 0.6 is 11.3 Å². The fourth-order valence-electron chi connectivity index (χ4n) is 3.82. The monoisotopic (exact) mass is 412 g/mol. The molecule has 0 saturated carbocycles. The van der Waals surface area contributed by atoms with Crippen LogP contribution in [0, 0.1) is 6.92 Å². The maximum absolute atomic E-state index is 12.8. The zero-order valence-electron chi connectivity index (χ0n) is 16.7. The minimum absolute atomic E-state index is 0.0300. The number of aryl methyl sites for hydroxylation is 1. The number of amides is 1.